The molecule has 5 nitrogen and oxygen atoms in total. The number of hydrogen-bond acceptors (Lipinski definition) is 4. The van der Waals surface area contributed by atoms with Crippen molar-refractivity contribution >= 4 is 26.5 Å². The fourth-order valence-electron chi connectivity index (χ4n) is 2.38. The summed E-state index contributed by atoms with van der Waals surface area (Å²) >= 11 is 0. The lowest BCUT2D eigenvalue weighted by Gasteiger charge is -2.12. The number of ether oxygens (including phenoxy) is 1. The van der Waals surface area contributed by atoms with Gasteiger partial charge in [0.15, 0.2) is 0 Å². The molecule has 0 fully saturated rings. The largest absolute Gasteiger partial charge is 0.491 e. The van der Waals surface area contributed by atoms with Gasteiger partial charge in [-0.1, -0.05) is 12.1 Å². The topological polar surface area (TPSA) is 68.3 Å². The van der Waals surface area contributed by atoms with E-state index in [2.05, 4.69) is 9.71 Å². The van der Waals surface area contributed by atoms with Crippen LogP contribution in [0.15, 0.2) is 65.8 Å². The van der Waals surface area contributed by atoms with Gasteiger partial charge in [-0.3, -0.25) is 9.71 Å². The normalized spacial score (nSPS) is 11.6. The van der Waals surface area contributed by atoms with Crippen LogP contribution < -0.4 is 9.46 Å². The van der Waals surface area contributed by atoms with Crippen LogP contribution in [0.3, 0.4) is 0 Å². The molecule has 0 saturated heterocycles. The Hall–Kier alpha value is -2.60. The lowest BCUT2D eigenvalue weighted by molar-refractivity contribution is 0.242. The number of pyridine rings is 1. The van der Waals surface area contributed by atoms with Gasteiger partial charge in [-0.2, -0.15) is 0 Å². The van der Waals surface area contributed by atoms with Crippen LogP contribution in [0.5, 0.6) is 5.75 Å². The molecule has 0 aliphatic rings. The van der Waals surface area contributed by atoms with Gasteiger partial charge in [-0.15, -0.1) is 0 Å². The molecule has 0 unspecified atom stereocenters. The minimum Gasteiger partial charge on any atom is -0.491 e. The van der Waals surface area contributed by atoms with E-state index in [4.69, 9.17) is 4.74 Å². The van der Waals surface area contributed by atoms with Crippen LogP contribution in [-0.4, -0.2) is 19.5 Å². The average Bonchev–Trinajstić information content (AvgIpc) is 2.55. The maximum atomic E-state index is 12.6. The third kappa shape index (κ3) is 3.49. The van der Waals surface area contributed by atoms with Gasteiger partial charge in [-0.05, 0) is 50.2 Å². The second kappa shape index (κ2) is 6.49. The van der Waals surface area contributed by atoms with E-state index in [1.807, 2.05) is 19.9 Å². The molecule has 3 rings (SSSR count). The van der Waals surface area contributed by atoms with Gasteiger partial charge < -0.3 is 4.74 Å². The molecule has 124 valence electrons. The lowest BCUT2D eigenvalue weighted by Crippen LogP contribution is -2.13. The minimum atomic E-state index is -3.68. The summed E-state index contributed by atoms with van der Waals surface area (Å²) in [5.74, 6) is 0.639. The Morgan fingerprint density at radius 3 is 2.50 bits per heavy atom. The Balaban J connectivity index is 1.90. The Kier molecular flexibility index (Phi) is 4.40. The first-order chi connectivity index (χ1) is 11.5. The van der Waals surface area contributed by atoms with Crippen molar-refractivity contribution in [2.24, 2.45) is 0 Å². The summed E-state index contributed by atoms with van der Waals surface area (Å²) in [6.07, 6.45) is 3.37. The second-order valence-corrected chi connectivity index (χ2v) is 7.33. The van der Waals surface area contributed by atoms with E-state index < -0.39 is 10.0 Å². The summed E-state index contributed by atoms with van der Waals surface area (Å²) in [6.45, 7) is 3.84. The molecule has 0 amide bonds. The van der Waals surface area contributed by atoms with Crippen LogP contribution >= 0.6 is 0 Å². The van der Waals surface area contributed by atoms with Crippen molar-refractivity contribution in [1.29, 1.82) is 0 Å². The molecule has 0 aliphatic heterocycles. The van der Waals surface area contributed by atoms with E-state index in [0.717, 1.165) is 10.8 Å². The Bertz CT molecular complexity index is 946. The van der Waals surface area contributed by atoms with Crippen molar-refractivity contribution in [3.05, 3.63) is 60.9 Å². The highest BCUT2D eigenvalue weighted by Crippen LogP contribution is 2.25. The van der Waals surface area contributed by atoms with Gasteiger partial charge in [0.2, 0.25) is 0 Å². The fourth-order valence-corrected chi connectivity index (χ4v) is 3.46. The van der Waals surface area contributed by atoms with Gasteiger partial charge in [0.25, 0.3) is 10.0 Å². The van der Waals surface area contributed by atoms with E-state index in [-0.39, 0.29) is 11.0 Å². The molecular weight excluding hydrogens is 324 g/mol. The maximum Gasteiger partial charge on any atom is 0.261 e. The summed E-state index contributed by atoms with van der Waals surface area (Å²) in [7, 11) is -3.68. The first-order valence-corrected chi connectivity index (χ1v) is 9.06. The molecule has 1 heterocycles. The lowest BCUT2D eigenvalue weighted by atomic mass is 10.1. The van der Waals surface area contributed by atoms with Gasteiger partial charge in [0.1, 0.15) is 5.75 Å². The van der Waals surface area contributed by atoms with Crippen LogP contribution in [-0.2, 0) is 10.0 Å². The number of fused-ring (bicyclic) bond motifs is 1. The summed E-state index contributed by atoms with van der Waals surface area (Å²) in [5.41, 5.74) is 0.525. The van der Waals surface area contributed by atoms with E-state index in [1.54, 1.807) is 42.7 Å². The van der Waals surface area contributed by atoms with E-state index in [1.165, 1.54) is 12.1 Å². The number of nitrogens with zero attached hydrogens (tertiary/aromatic N) is 1. The molecule has 0 saturated carbocycles. The number of sulfonamides is 1. The van der Waals surface area contributed by atoms with E-state index >= 15 is 0 Å². The molecule has 1 N–H and O–H groups in total. The van der Waals surface area contributed by atoms with E-state index in [9.17, 15) is 8.42 Å². The van der Waals surface area contributed by atoms with Gasteiger partial charge in [0, 0.05) is 23.2 Å². The first-order valence-electron chi connectivity index (χ1n) is 7.58. The number of benzene rings is 2. The maximum absolute atomic E-state index is 12.6. The van der Waals surface area contributed by atoms with Crippen molar-refractivity contribution in [1.82, 2.24) is 4.98 Å². The highest BCUT2D eigenvalue weighted by Gasteiger charge is 2.15. The molecule has 3 aromatic rings. The summed E-state index contributed by atoms with van der Waals surface area (Å²) in [6, 6.07) is 13.6. The predicted molar refractivity (Wildman–Crippen MR) is 94.8 cm³/mol. The smallest absolute Gasteiger partial charge is 0.261 e. The summed E-state index contributed by atoms with van der Waals surface area (Å²) < 4.78 is 33.4. The van der Waals surface area contributed by atoms with E-state index in [0.29, 0.717) is 11.4 Å². The quantitative estimate of drug-likeness (QED) is 0.765. The molecule has 0 radical (unpaired) electrons. The van der Waals surface area contributed by atoms with Crippen molar-refractivity contribution in [2.75, 3.05) is 4.72 Å². The highest BCUT2D eigenvalue weighted by atomic mass is 32.2. The zero-order chi connectivity index (χ0) is 17.2. The molecule has 24 heavy (non-hydrogen) atoms. The third-order valence-corrected chi connectivity index (χ3v) is 4.81. The Morgan fingerprint density at radius 2 is 1.79 bits per heavy atom. The van der Waals surface area contributed by atoms with Crippen molar-refractivity contribution < 1.29 is 13.2 Å². The standard InChI is InChI=1S/C18H18N2O3S/c1-13(2)23-15-6-8-16(9-7-15)24(21,22)20-18-5-3-4-14-12-19-11-10-17(14)18/h3-13,20H,1-2H3. The summed E-state index contributed by atoms with van der Waals surface area (Å²) in [4.78, 5) is 4.24. The average molecular weight is 342 g/mol. The van der Waals surface area contributed by atoms with Crippen LogP contribution in [0.4, 0.5) is 5.69 Å². The zero-order valence-corrected chi connectivity index (χ0v) is 14.2. The number of rotatable bonds is 5. The van der Waals surface area contributed by atoms with Crippen molar-refractivity contribution in [2.45, 2.75) is 24.8 Å². The van der Waals surface area contributed by atoms with Gasteiger partial charge in [-0.25, -0.2) is 8.42 Å². The minimum absolute atomic E-state index is 0.0369. The molecule has 2 aromatic carbocycles. The molecule has 1 aromatic heterocycles. The van der Waals surface area contributed by atoms with Crippen LogP contribution in [0.2, 0.25) is 0 Å². The fraction of sp³-hybridized carbons (Fsp3) is 0.167. The second-order valence-electron chi connectivity index (χ2n) is 5.65. The zero-order valence-electron chi connectivity index (χ0n) is 13.4. The van der Waals surface area contributed by atoms with Crippen molar-refractivity contribution in [3.63, 3.8) is 0 Å². The van der Waals surface area contributed by atoms with Crippen LogP contribution in [0, 0.1) is 0 Å². The molecule has 0 atom stereocenters. The molecular formula is C18H18N2O3S. The molecule has 0 bridgehead atoms. The number of aromatic nitrogens is 1. The molecule has 0 spiro atoms. The highest BCUT2D eigenvalue weighted by molar-refractivity contribution is 7.92. The number of nitrogens with one attached hydrogen (secondary N) is 1. The van der Waals surface area contributed by atoms with Crippen LogP contribution in [0.1, 0.15) is 13.8 Å². The predicted octanol–water partition coefficient (Wildman–Crippen LogP) is 3.82. The molecule has 6 heteroatoms. The Labute approximate surface area is 141 Å². The van der Waals surface area contributed by atoms with Crippen molar-refractivity contribution in [3.8, 4) is 5.75 Å². The third-order valence-electron chi connectivity index (χ3n) is 3.43. The first kappa shape index (κ1) is 16.3. The SMILES string of the molecule is CC(C)Oc1ccc(S(=O)(=O)Nc2cccc3cnccc23)cc1. The number of hydrogen-bond donors (Lipinski definition) is 1. The summed E-state index contributed by atoms with van der Waals surface area (Å²) in [5, 5.41) is 1.68. The molecule has 0 aliphatic carbocycles. The van der Waals surface area contributed by atoms with Crippen LogP contribution in [0.25, 0.3) is 10.8 Å². The Morgan fingerprint density at radius 1 is 1.04 bits per heavy atom. The monoisotopic (exact) mass is 342 g/mol. The number of anilines is 1. The van der Waals surface area contributed by atoms with Gasteiger partial charge >= 0.3 is 0 Å². The van der Waals surface area contributed by atoms with Gasteiger partial charge in [0.05, 0.1) is 16.7 Å².